The van der Waals surface area contributed by atoms with Crippen molar-refractivity contribution in [1.29, 1.82) is 0 Å². The molecule has 0 fully saturated rings. The Morgan fingerprint density at radius 2 is 1.90 bits per heavy atom. The fourth-order valence-electron chi connectivity index (χ4n) is 2.49. The van der Waals surface area contributed by atoms with Crippen LogP contribution < -0.4 is 11.5 Å². The molecule has 0 spiro atoms. The van der Waals surface area contributed by atoms with E-state index in [4.69, 9.17) is 11.5 Å². The van der Waals surface area contributed by atoms with Gasteiger partial charge in [-0.25, -0.2) is 4.39 Å². The van der Waals surface area contributed by atoms with Crippen LogP contribution in [0, 0.1) is 5.82 Å². The van der Waals surface area contributed by atoms with Gasteiger partial charge in [-0.1, -0.05) is 32.4 Å². The number of halogens is 1. The number of unbranched alkanes of at least 4 members (excludes halogenated alkanes) is 1. The number of benzene rings is 1. The van der Waals surface area contributed by atoms with Crippen LogP contribution in [0.3, 0.4) is 0 Å². The first-order chi connectivity index (χ1) is 9.99. The molecule has 0 aliphatic heterocycles. The third-order valence-electron chi connectivity index (χ3n) is 3.64. The molecule has 0 aromatic heterocycles. The Morgan fingerprint density at radius 1 is 1.29 bits per heavy atom. The zero-order chi connectivity index (χ0) is 15.8. The van der Waals surface area contributed by atoms with E-state index < -0.39 is 0 Å². The van der Waals surface area contributed by atoms with E-state index in [1.54, 1.807) is 12.1 Å². The molecule has 1 amide bonds. The number of nitrogens with zero attached hydrogens (tertiary/aromatic N) is 1. The second-order valence-corrected chi connectivity index (χ2v) is 5.36. The van der Waals surface area contributed by atoms with Gasteiger partial charge in [0.1, 0.15) is 5.82 Å². The van der Waals surface area contributed by atoms with E-state index in [1.807, 2.05) is 11.8 Å². The molecule has 4 nitrogen and oxygen atoms in total. The standard InChI is InChI=1S/C16H26FN3O/c1-3-5-10-20(11-15(19)21)16(14(18)4-2)12-6-8-13(17)9-7-12/h6-9,14,16H,3-5,10-11,18H2,1-2H3,(H2,19,21). The van der Waals surface area contributed by atoms with E-state index in [-0.39, 0.29) is 30.4 Å². The maximum atomic E-state index is 13.1. The molecule has 21 heavy (non-hydrogen) atoms. The van der Waals surface area contributed by atoms with Crippen LogP contribution in [0.25, 0.3) is 0 Å². The molecule has 0 aliphatic carbocycles. The van der Waals surface area contributed by atoms with Gasteiger partial charge in [-0.3, -0.25) is 9.69 Å². The molecule has 1 aromatic rings. The highest BCUT2D eigenvalue weighted by atomic mass is 19.1. The molecule has 0 saturated heterocycles. The molecular formula is C16H26FN3O. The number of hydrogen-bond donors (Lipinski definition) is 2. The highest BCUT2D eigenvalue weighted by Crippen LogP contribution is 2.25. The van der Waals surface area contributed by atoms with E-state index in [0.29, 0.717) is 0 Å². The van der Waals surface area contributed by atoms with Gasteiger partial charge in [0.2, 0.25) is 5.91 Å². The molecule has 2 atom stereocenters. The third kappa shape index (κ3) is 5.44. The molecule has 0 heterocycles. The minimum Gasteiger partial charge on any atom is -0.369 e. The first kappa shape index (κ1) is 17.6. The Balaban J connectivity index is 3.05. The summed E-state index contributed by atoms with van der Waals surface area (Å²) in [6, 6.07) is 6.05. The number of carbonyl (C=O) groups excluding carboxylic acids is 1. The Labute approximate surface area is 126 Å². The SMILES string of the molecule is CCCCN(CC(N)=O)C(c1ccc(F)cc1)C(N)CC. The van der Waals surface area contributed by atoms with Gasteiger partial charge < -0.3 is 11.5 Å². The van der Waals surface area contributed by atoms with Crippen molar-refractivity contribution in [3.8, 4) is 0 Å². The number of primary amides is 1. The first-order valence-electron chi connectivity index (χ1n) is 7.53. The Kier molecular flexibility index (Phi) is 7.32. The maximum Gasteiger partial charge on any atom is 0.231 e. The van der Waals surface area contributed by atoms with Gasteiger partial charge in [0.15, 0.2) is 0 Å². The highest BCUT2D eigenvalue weighted by molar-refractivity contribution is 5.76. The van der Waals surface area contributed by atoms with Crippen LogP contribution in [-0.4, -0.2) is 29.9 Å². The summed E-state index contributed by atoms with van der Waals surface area (Å²) in [5.41, 5.74) is 12.5. The smallest absolute Gasteiger partial charge is 0.231 e. The van der Waals surface area contributed by atoms with Gasteiger partial charge in [0, 0.05) is 6.04 Å². The summed E-state index contributed by atoms with van der Waals surface area (Å²) in [7, 11) is 0. The largest absolute Gasteiger partial charge is 0.369 e. The van der Waals surface area contributed by atoms with Crippen LogP contribution in [-0.2, 0) is 4.79 Å². The second-order valence-electron chi connectivity index (χ2n) is 5.36. The van der Waals surface area contributed by atoms with Crippen molar-refractivity contribution in [3.05, 3.63) is 35.6 Å². The summed E-state index contributed by atoms with van der Waals surface area (Å²) in [4.78, 5) is 13.4. The Morgan fingerprint density at radius 3 is 2.38 bits per heavy atom. The summed E-state index contributed by atoms with van der Waals surface area (Å²) in [5, 5.41) is 0. The van der Waals surface area contributed by atoms with E-state index >= 15 is 0 Å². The lowest BCUT2D eigenvalue weighted by molar-refractivity contribution is -0.119. The Bertz CT molecular complexity index is 436. The van der Waals surface area contributed by atoms with Crippen molar-refractivity contribution in [2.24, 2.45) is 11.5 Å². The molecule has 0 aliphatic rings. The molecule has 0 bridgehead atoms. The molecular weight excluding hydrogens is 269 g/mol. The number of rotatable bonds is 9. The molecule has 4 N–H and O–H groups in total. The van der Waals surface area contributed by atoms with Gasteiger partial charge in [-0.05, 0) is 37.1 Å². The van der Waals surface area contributed by atoms with Crippen LogP contribution in [0.1, 0.15) is 44.7 Å². The molecule has 1 aromatic carbocycles. The van der Waals surface area contributed by atoms with Crippen molar-refractivity contribution in [3.63, 3.8) is 0 Å². The fraction of sp³-hybridized carbons (Fsp3) is 0.562. The second kappa shape index (κ2) is 8.74. The highest BCUT2D eigenvalue weighted by Gasteiger charge is 2.26. The average molecular weight is 295 g/mol. The van der Waals surface area contributed by atoms with Crippen molar-refractivity contribution >= 4 is 5.91 Å². The lowest BCUT2D eigenvalue weighted by Gasteiger charge is -2.35. The molecule has 118 valence electrons. The van der Waals surface area contributed by atoms with Gasteiger partial charge in [0.05, 0.1) is 12.6 Å². The van der Waals surface area contributed by atoms with Crippen molar-refractivity contribution in [2.75, 3.05) is 13.1 Å². The monoisotopic (exact) mass is 295 g/mol. The fourth-order valence-corrected chi connectivity index (χ4v) is 2.49. The van der Waals surface area contributed by atoms with Crippen molar-refractivity contribution < 1.29 is 9.18 Å². The quantitative estimate of drug-likeness (QED) is 0.733. The van der Waals surface area contributed by atoms with E-state index in [9.17, 15) is 9.18 Å². The zero-order valence-electron chi connectivity index (χ0n) is 12.9. The summed E-state index contributed by atoms with van der Waals surface area (Å²) in [5.74, 6) is -0.654. The van der Waals surface area contributed by atoms with Gasteiger partial charge in [0.25, 0.3) is 0 Å². The minimum atomic E-state index is -0.374. The van der Waals surface area contributed by atoms with Gasteiger partial charge in [-0.15, -0.1) is 0 Å². The normalized spacial score (nSPS) is 14.1. The lowest BCUT2D eigenvalue weighted by Crippen LogP contribution is -2.45. The molecule has 0 radical (unpaired) electrons. The molecule has 5 heteroatoms. The third-order valence-corrected chi connectivity index (χ3v) is 3.64. The predicted octanol–water partition coefficient (Wildman–Crippen LogP) is 2.19. The number of amides is 1. The predicted molar refractivity (Wildman–Crippen MR) is 83.1 cm³/mol. The minimum absolute atomic E-state index is 0.130. The summed E-state index contributed by atoms with van der Waals surface area (Å²) < 4.78 is 13.1. The van der Waals surface area contributed by atoms with Crippen LogP contribution in [0.2, 0.25) is 0 Å². The molecule has 1 rings (SSSR count). The Hall–Kier alpha value is -1.46. The van der Waals surface area contributed by atoms with Crippen molar-refractivity contribution in [2.45, 2.75) is 45.2 Å². The number of carbonyl (C=O) groups is 1. The van der Waals surface area contributed by atoms with E-state index in [0.717, 1.165) is 31.4 Å². The lowest BCUT2D eigenvalue weighted by atomic mass is 9.95. The zero-order valence-corrected chi connectivity index (χ0v) is 12.9. The average Bonchev–Trinajstić information content (AvgIpc) is 2.46. The maximum absolute atomic E-state index is 13.1. The molecule has 2 unspecified atom stereocenters. The summed E-state index contributed by atoms with van der Waals surface area (Å²) in [6.07, 6.45) is 2.75. The van der Waals surface area contributed by atoms with Crippen LogP contribution >= 0.6 is 0 Å². The van der Waals surface area contributed by atoms with Crippen LogP contribution in [0.15, 0.2) is 24.3 Å². The van der Waals surface area contributed by atoms with Gasteiger partial charge in [-0.2, -0.15) is 0 Å². The summed E-state index contributed by atoms with van der Waals surface area (Å²) in [6.45, 7) is 5.00. The number of nitrogens with two attached hydrogens (primary N) is 2. The first-order valence-corrected chi connectivity index (χ1v) is 7.53. The van der Waals surface area contributed by atoms with E-state index in [1.165, 1.54) is 12.1 Å². The number of hydrogen-bond acceptors (Lipinski definition) is 3. The van der Waals surface area contributed by atoms with Crippen molar-refractivity contribution in [1.82, 2.24) is 4.90 Å². The summed E-state index contributed by atoms with van der Waals surface area (Å²) >= 11 is 0. The topological polar surface area (TPSA) is 72.3 Å². The van der Waals surface area contributed by atoms with Crippen LogP contribution in [0.5, 0.6) is 0 Å². The van der Waals surface area contributed by atoms with Crippen LogP contribution in [0.4, 0.5) is 4.39 Å². The van der Waals surface area contributed by atoms with Gasteiger partial charge >= 0.3 is 0 Å². The molecule has 0 saturated carbocycles. The van der Waals surface area contributed by atoms with E-state index in [2.05, 4.69) is 6.92 Å².